The molecular formula is C17H19FN4O2S. The SMILES string of the molecule is CC1(c2cc(-c3cncnc3)ccc2F)CS(=O)(=O)C(C)(C)C(N)=N1. The van der Waals surface area contributed by atoms with Crippen molar-refractivity contribution in [2.24, 2.45) is 10.7 Å². The Kier molecular flexibility index (Phi) is 3.90. The Morgan fingerprint density at radius 1 is 1.12 bits per heavy atom. The fourth-order valence-electron chi connectivity index (χ4n) is 2.85. The molecule has 6 nitrogen and oxygen atoms in total. The highest BCUT2D eigenvalue weighted by atomic mass is 32.2. The van der Waals surface area contributed by atoms with Gasteiger partial charge in [-0.05, 0) is 38.5 Å². The summed E-state index contributed by atoms with van der Waals surface area (Å²) in [5, 5.41) is 0. The zero-order chi connectivity index (χ0) is 18.5. The van der Waals surface area contributed by atoms with Crippen LogP contribution in [0.5, 0.6) is 0 Å². The molecule has 0 saturated heterocycles. The number of halogens is 1. The van der Waals surface area contributed by atoms with Gasteiger partial charge in [-0.1, -0.05) is 6.07 Å². The summed E-state index contributed by atoms with van der Waals surface area (Å²) < 4.78 is 38.6. The lowest BCUT2D eigenvalue weighted by atomic mass is 9.91. The smallest absolute Gasteiger partial charge is 0.165 e. The monoisotopic (exact) mass is 362 g/mol. The number of aromatic nitrogens is 2. The van der Waals surface area contributed by atoms with Crippen LogP contribution in [-0.2, 0) is 15.4 Å². The maximum absolute atomic E-state index is 14.6. The first kappa shape index (κ1) is 17.5. The zero-order valence-corrected chi connectivity index (χ0v) is 15.0. The van der Waals surface area contributed by atoms with E-state index < -0.39 is 25.9 Å². The van der Waals surface area contributed by atoms with Crippen molar-refractivity contribution < 1.29 is 12.8 Å². The molecule has 3 rings (SSSR count). The van der Waals surface area contributed by atoms with E-state index in [0.29, 0.717) is 11.1 Å². The standard InChI is InChI=1S/C17H19FN4O2S/c1-16(2)15(19)22-17(3,9-25(16,23)24)13-6-11(4-5-14(13)18)12-7-20-10-21-8-12/h4-8,10H,9H2,1-3H3,(H2,19,22). The van der Waals surface area contributed by atoms with E-state index in [1.807, 2.05) is 0 Å². The molecule has 1 atom stereocenters. The molecule has 1 unspecified atom stereocenters. The number of hydrogen-bond donors (Lipinski definition) is 1. The van der Waals surface area contributed by atoms with E-state index in [9.17, 15) is 12.8 Å². The summed E-state index contributed by atoms with van der Waals surface area (Å²) in [6.45, 7) is 4.60. The summed E-state index contributed by atoms with van der Waals surface area (Å²) >= 11 is 0. The molecule has 2 heterocycles. The number of nitrogens with two attached hydrogens (primary N) is 1. The Morgan fingerprint density at radius 2 is 1.76 bits per heavy atom. The normalized spacial score (nSPS) is 24.6. The highest BCUT2D eigenvalue weighted by Crippen LogP contribution is 2.38. The molecule has 0 saturated carbocycles. The number of nitrogens with zero attached hydrogens (tertiary/aromatic N) is 3. The minimum atomic E-state index is -3.61. The Bertz CT molecular complexity index is 958. The first-order chi connectivity index (χ1) is 11.6. The van der Waals surface area contributed by atoms with Crippen LogP contribution in [0.25, 0.3) is 11.1 Å². The third-order valence-corrected chi connectivity index (χ3v) is 7.38. The van der Waals surface area contributed by atoms with Crippen LogP contribution in [0.15, 0.2) is 41.9 Å². The van der Waals surface area contributed by atoms with Gasteiger partial charge in [0.15, 0.2) is 9.84 Å². The van der Waals surface area contributed by atoms with Gasteiger partial charge in [0, 0.05) is 23.5 Å². The Balaban J connectivity index is 2.18. The predicted molar refractivity (Wildman–Crippen MR) is 94.3 cm³/mol. The van der Waals surface area contributed by atoms with Gasteiger partial charge in [0.05, 0.1) is 5.75 Å². The van der Waals surface area contributed by atoms with Crippen LogP contribution in [0, 0.1) is 5.82 Å². The molecule has 2 N–H and O–H groups in total. The van der Waals surface area contributed by atoms with Crippen LogP contribution < -0.4 is 5.73 Å². The van der Waals surface area contributed by atoms with Crippen molar-refractivity contribution in [2.75, 3.05) is 5.75 Å². The number of sulfone groups is 1. The summed E-state index contributed by atoms with van der Waals surface area (Å²) in [4.78, 5) is 12.3. The predicted octanol–water partition coefficient (Wildman–Crippen LogP) is 2.06. The van der Waals surface area contributed by atoms with Crippen molar-refractivity contribution in [1.29, 1.82) is 0 Å². The lowest BCUT2D eigenvalue weighted by molar-refractivity contribution is 0.476. The second-order valence-electron chi connectivity index (χ2n) is 6.86. The molecule has 1 aliphatic heterocycles. The molecule has 2 aromatic rings. The largest absolute Gasteiger partial charge is 0.386 e. The second-order valence-corrected chi connectivity index (χ2v) is 9.40. The first-order valence-electron chi connectivity index (χ1n) is 7.70. The van der Waals surface area contributed by atoms with E-state index in [-0.39, 0.29) is 17.2 Å². The quantitative estimate of drug-likeness (QED) is 0.882. The highest BCUT2D eigenvalue weighted by Gasteiger charge is 2.49. The van der Waals surface area contributed by atoms with Crippen LogP contribution >= 0.6 is 0 Å². The fraction of sp³-hybridized carbons (Fsp3) is 0.353. The molecule has 1 aromatic heterocycles. The lowest BCUT2D eigenvalue weighted by Crippen LogP contribution is -2.54. The highest BCUT2D eigenvalue weighted by molar-refractivity contribution is 7.93. The average Bonchev–Trinajstić information content (AvgIpc) is 2.54. The number of aliphatic imine (C=N–C) groups is 1. The van der Waals surface area contributed by atoms with Gasteiger partial charge in [0.25, 0.3) is 0 Å². The van der Waals surface area contributed by atoms with Crippen LogP contribution in [0.4, 0.5) is 4.39 Å². The van der Waals surface area contributed by atoms with E-state index >= 15 is 0 Å². The molecule has 25 heavy (non-hydrogen) atoms. The third kappa shape index (κ3) is 2.80. The van der Waals surface area contributed by atoms with Crippen LogP contribution in [0.1, 0.15) is 26.3 Å². The molecule has 0 radical (unpaired) electrons. The van der Waals surface area contributed by atoms with Crippen molar-refractivity contribution in [1.82, 2.24) is 9.97 Å². The van der Waals surface area contributed by atoms with Crippen LogP contribution in [-0.4, -0.2) is 34.7 Å². The first-order valence-corrected chi connectivity index (χ1v) is 9.36. The average molecular weight is 362 g/mol. The lowest BCUT2D eigenvalue weighted by Gasteiger charge is -2.38. The van der Waals surface area contributed by atoms with Crippen molar-refractivity contribution >= 4 is 15.7 Å². The molecule has 132 valence electrons. The van der Waals surface area contributed by atoms with Gasteiger partial charge in [-0.3, -0.25) is 4.99 Å². The van der Waals surface area contributed by atoms with Crippen LogP contribution in [0.2, 0.25) is 0 Å². The number of benzene rings is 1. The summed E-state index contributed by atoms with van der Waals surface area (Å²) in [6, 6.07) is 4.47. The Hall–Kier alpha value is -2.35. The molecule has 0 spiro atoms. The topological polar surface area (TPSA) is 98.3 Å². The van der Waals surface area contributed by atoms with Gasteiger partial charge in [-0.2, -0.15) is 0 Å². The van der Waals surface area contributed by atoms with Gasteiger partial charge in [0.2, 0.25) is 0 Å². The number of rotatable bonds is 2. The van der Waals surface area contributed by atoms with E-state index in [0.717, 1.165) is 0 Å². The van der Waals surface area contributed by atoms with Gasteiger partial charge in [0.1, 0.15) is 28.3 Å². The minimum absolute atomic E-state index is 0.0194. The minimum Gasteiger partial charge on any atom is -0.386 e. The van der Waals surface area contributed by atoms with Gasteiger partial charge in [-0.15, -0.1) is 0 Å². The van der Waals surface area contributed by atoms with Gasteiger partial charge < -0.3 is 5.73 Å². The van der Waals surface area contributed by atoms with Crippen molar-refractivity contribution in [3.8, 4) is 11.1 Å². The third-order valence-electron chi connectivity index (χ3n) is 4.67. The van der Waals surface area contributed by atoms with Crippen molar-refractivity contribution in [2.45, 2.75) is 31.1 Å². The number of hydrogen-bond acceptors (Lipinski definition) is 6. The molecular weight excluding hydrogens is 343 g/mol. The molecule has 0 amide bonds. The molecule has 1 aromatic carbocycles. The zero-order valence-electron chi connectivity index (χ0n) is 14.2. The molecule has 8 heteroatoms. The molecule has 0 aliphatic carbocycles. The number of amidine groups is 1. The van der Waals surface area contributed by atoms with Gasteiger partial charge in [-0.25, -0.2) is 22.8 Å². The van der Waals surface area contributed by atoms with Crippen molar-refractivity contribution in [3.63, 3.8) is 0 Å². The van der Waals surface area contributed by atoms with Crippen LogP contribution in [0.3, 0.4) is 0 Å². The fourth-order valence-corrected chi connectivity index (χ4v) is 4.53. The maximum Gasteiger partial charge on any atom is 0.165 e. The summed E-state index contributed by atoms with van der Waals surface area (Å²) in [6.07, 6.45) is 4.60. The Labute approximate surface area is 146 Å². The van der Waals surface area contributed by atoms with E-state index in [2.05, 4.69) is 15.0 Å². The summed E-state index contributed by atoms with van der Waals surface area (Å²) in [5.41, 5.74) is 6.18. The van der Waals surface area contributed by atoms with E-state index in [1.54, 1.807) is 31.5 Å². The second kappa shape index (κ2) is 5.59. The molecule has 0 fully saturated rings. The Morgan fingerprint density at radius 3 is 2.36 bits per heavy atom. The maximum atomic E-state index is 14.6. The van der Waals surface area contributed by atoms with E-state index in [1.165, 1.54) is 26.2 Å². The summed E-state index contributed by atoms with van der Waals surface area (Å²) in [7, 11) is -3.61. The van der Waals surface area contributed by atoms with E-state index in [4.69, 9.17) is 5.73 Å². The molecule has 0 bridgehead atoms. The van der Waals surface area contributed by atoms with Crippen molar-refractivity contribution in [3.05, 3.63) is 48.3 Å². The molecule has 1 aliphatic rings. The summed E-state index contributed by atoms with van der Waals surface area (Å²) in [5.74, 6) is -0.872. The van der Waals surface area contributed by atoms with Gasteiger partial charge >= 0.3 is 0 Å².